The van der Waals surface area contributed by atoms with Gasteiger partial charge in [0.2, 0.25) is 0 Å². The highest BCUT2D eigenvalue weighted by molar-refractivity contribution is 5.54. The summed E-state index contributed by atoms with van der Waals surface area (Å²) < 4.78 is 5.37. The first-order valence-corrected chi connectivity index (χ1v) is 4.45. The summed E-state index contributed by atoms with van der Waals surface area (Å²) in [5, 5.41) is 0. The molecular weight excluding hydrogens is 164 g/mol. The highest BCUT2D eigenvalue weighted by Gasteiger charge is 1.96. The molecule has 0 bridgehead atoms. The van der Waals surface area contributed by atoms with E-state index in [-0.39, 0.29) is 0 Å². The van der Waals surface area contributed by atoms with Gasteiger partial charge in [-0.1, -0.05) is 6.92 Å². The van der Waals surface area contributed by atoms with Crippen molar-refractivity contribution in [3.8, 4) is 0 Å². The van der Waals surface area contributed by atoms with Crippen molar-refractivity contribution in [3.63, 3.8) is 0 Å². The summed E-state index contributed by atoms with van der Waals surface area (Å²) in [5.41, 5.74) is 13.7. The first-order valence-electron chi connectivity index (χ1n) is 4.45. The summed E-state index contributed by atoms with van der Waals surface area (Å²) in [6.45, 7) is 3.44. The lowest BCUT2D eigenvalue weighted by Gasteiger charge is -2.05. The number of hydrogen-bond acceptors (Lipinski definition) is 3. The van der Waals surface area contributed by atoms with Crippen LogP contribution in [-0.2, 0) is 11.3 Å². The Morgan fingerprint density at radius 3 is 2.31 bits per heavy atom. The van der Waals surface area contributed by atoms with Crippen LogP contribution in [0.15, 0.2) is 18.2 Å². The zero-order chi connectivity index (χ0) is 9.68. The summed E-state index contributed by atoms with van der Waals surface area (Å²) >= 11 is 0. The Kier molecular flexibility index (Phi) is 3.58. The minimum atomic E-state index is 0.586. The van der Waals surface area contributed by atoms with Crippen molar-refractivity contribution >= 4 is 11.4 Å². The SMILES string of the molecule is CCCOCc1cc(N)cc(N)c1. The van der Waals surface area contributed by atoms with E-state index in [0.29, 0.717) is 18.0 Å². The van der Waals surface area contributed by atoms with Crippen LogP contribution in [0.25, 0.3) is 0 Å². The second kappa shape index (κ2) is 4.72. The van der Waals surface area contributed by atoms with E-state index in [1.165, 1.54) is 0 Å². The molecule has 1 rings (SSSR count). The Morgan fingerprint density at radius 2 is 1.77 bits per heavy atom. The van der Waals surface area contributed by atoms with Gasteiger partial charge in [-0.25, -0.2) is 0 Å². The van der Waals surface area contributed by atoms with E-state index in [2.05, 4.69) is 6.92 Å². The van der Waals surface area contributed by atoms with Gasteiger partial charge in [-0.05, 0) is 30.2 Å². The predicted octanol–water partition coefficient (Wildman–Crippen LogP) is 1.78. The van der Waals surface area contributed by atoms with Crippen molar-refractivity contribution in [3.05, 3.63) is 23.8 Å². The van der Waals surface area contributed by atoms with Crippen LogP contribution in [0.4, 0.5) is 11.4 Å². The van der Waals surface area contributed by atoms with Gasteiger partial charge in [-0.2, -0.15) is 0 Å². The molecule has 0 aliphatic heterocycles. The van der Waals surface area contributed by atoms with Gasteiger partial charge >= 0.3 is 0 Å². The number of benzene rings is 1. The highest BCUT2D eigenvalue weighted by Crippen LogP contribution is 2.14. The molecule has 0 aliphatic carbocycles. The van der Waals surface area contributed by atoms with Crippen molar-refractivity contribution in [1.29, 1.82) is 0 Å². The first kappa shape index (κ1) is 9.86. The molecule has 0 spiro atoms. The molecule has 3 nitrogen and oxygen atoms in total. The molecule has 0 heterocycles. The fourth-order valence-corrected chi connectivity index (χ4v) is 1.16. The van der Waals surface area contributed by atoms with Gasteiger partial charge in [0, 0.05) is 18.0 Å². The molecule has 0 saturated heterocycles. The number of ether oxygens (including phenoxy) is 1. The average Bonchev–Trinajstić information content (AvgIpc) is 2.03. The molecule has 1 aromatic rings. The zero-order valence-electron chi connectivity index (χ0n) is 7.92. The van der Waals surface area contributed by atoms with Crippen molar-refractivity contribution in [2.45, 2.75) is 20.0 Å². The molecule has 0 aliphatic rings. The van der Waals surface area contributed by atoms with Gasteiger partial charge < -0.3 is 16.2 Å². The maximum Gasteiger partial charge on any atom is 0.0718 e. The van der Waals surface area contributed by atoms with E-state index in [1.807, 2.05) is 12.1 Å². The molecular formula is C10H16N2O. The van der Waals surface area contributed by atoms with Crippen molar-refractivity contribution in [1.82, 2.24) is 0 Å². The number of anilines is 2. The molecule has 0 fully saturated rings. The van der Waals surface area contributed by atoms with Crippen LogP contribution < -0.4 is 11.5 Å². The average molecular weight is 180 g/mol. The zero-order valence-corrected chi connectivity index (χ0v) is 7.92. The van der Waals surface area contributed by atoms with Crippen LogP contribution in [-0.4, -0.2) is 6.61 Å². The number of nitrogen functional groups attached to an aromatic ring is 2. The minimum absolute atomic E-state index is 0.586. The molecule has 13 heavy (non-hydrogen) atoms. The summed E-state index contributed by atoms with van der Waals surface area (Å²) in [4.78, 5) is 0. The first-order chi connectivity index (χ1) is 6.22. The summed E-state index contributed by atoms with van der Waals surface area (Å²) in [6.07, 6.45) is 1.03. The van der Waals surface area contributed by atoms with Gasteiger partial charge in [0.15, 0.2) is 0 Å². The fourth-order valence-electron chi connectivity index (χ4n) is 1.16. The second-order valence-electron chi connectivity index (χ2n) is 3.06. The van der Waals surface area contributed by atoms with E-state index >= 15 is 0 Å². The molecule has 4 N–H and O–H groups in total. The van der Waals surface area contributed by atoms with Gasteiger partial charge in [-0.3, -0.25) is 0 Å². The Hall–Kier alpha value is -1.22. The normalized spacial score (nSPS) is 10.2. The van der Waals surface area contributed by atoms with Crippen LogP contribution in [0.2, 0.25) is 0 Å². The summed E-state index contributed by atoms with van der Waals surface area (Å²) in [5.74, 6) is 0. The molecule has 0 amide bonds. The third-order valence-electron chi connectivity index (χ3n) is 1.65. The van der Waals surface area contributed by atoms with Gasteiger partial charge in [0.1, 0.15) is 0 Å². The molecule has 0 saturated carbocycles. The Balaban J connectivity index is 2.56. The fraction of sp³-hybridized carbons (Fsp3) is 0.400. The molecule has 1 aromatic carbocycles. The maximum atomic E-state index is 5.63. The third-order valence-corrected chi connectivity index (χ3v) is 1.65. The van der Waals surface area contributed by atoms with E-state index in [0.717, 1.165) is 18.6 Å². The second-order valence-corrected chi connectivity index (χ2v) is 3.06. The van der Waals surface area contributed by atoms with Crippen molar-refractivity contribution in [2.75, 3.05) is 18.1 Å². The Labute approximate surface area is 78.7 Å². The van der Waals surface area contributed by atoms with Crippen LogP contribution >= 0.6 is 0 Å². The molecule has 3 heteroatoms. The monoisotopic (exact) mass is 180 g/mol. The van der Waals surface area contributed by atoms with Gasteiger partial charge in [0.25, 0.3) is 0 Å². The maximum absolute atomic E-state index is 5.63. The Bertz CT molecular complexity index is 253. The van der Waals surface area contributed by atoms with E-state index in [1.54, 1.807) is 6.07 Å². The lowest BCUT2D eigenvalue weighted by Crippen LogP contribution is -1.97. The van der Waals surface area contributed by atoms with Crippen LogP contribution in [0.3, 0.4) is 0 Å². The van der Waals surface area contributed by atoms with Gasteiger partial charge in [-0.15, -0.1) is 0 Å². The molecule has 0 unspecified atom stereocenters. The summed E-state index contributed by atoms with van der Waals surface area (Å²) in [6, 6.07) is 5.50. The van der Waals surface area contributed by atoms with E-state index < -0.39 is 0 Å². The van der Waals surface area contributed by atoms with Crippen LogP contribution in [0, 0.1) is 0 Å². The number of nitrogens with two attached hydrogens (primary N) is 2. The van der Waals surface area contributed by atoms with Crippen molar-refractivity contribution in [2.24, 2.45) is 0 Å². The highest BCUT2D eigenvalue weighted by atomic mass is 16.5. The largest absolute Gasteiger partial charge is 0.399 e. The standard InChI is InChI=1S/C10H16N2O/c1-2-3-13-7-8-4-9(11)6-10(12)5-8/h4-6H,2-3,7,11-12H2,1H3. The molecule has 0 radical (unpaired) electrons. The molecule has 0 atom stereocenters. The van der Waals surface area contributed by atoms with E-state index in [4.69, 9.17) is 16.2 Å². The third kappa shape index (κ3) is 3.34. The minimum Gasteiger partial charge on any atom is -0.399 e. The quantitative estimate of drug-likeness (QED) is 0.548. The number of rotatable bonds is 4. The lowest BCUT2D eigenvalue weighted by molar-refractivity contribution is 0.121. The number of hydrogen-bond donors (Lipinski definition) is 2. The van der Waals surface area contributed by atoms with Crippen LogP contribution in [0.1, 0.15) is 18.9 Å². The smallest absolute Gasteiger partial charge is 0.0718 e. The lowest BCUT2D eigenvalue weighted by atomic mass is 10.2. The summed E-state index contributed by atoms with van der Waals surface area (Å²) in [7, 11) is 0. The predicted molar refractivity (Wildman–Crippen MR) is 55.2 cm³/mol. The topological polar surface area (TPSA) is 61.3 Å². The van der Waals surface area contributed by atoms with Crippen LogP contribution in [0.5, 0.6) is 0 Å². The van der Waals surface area contributed by atoms with E-state index in [9.17, 15) is 0 Å². The van der Waals surface area contributed by atoms with Gasteiger partial charge in [0.05, 0.1) is 6.61 Å². The molecule has 72 valence electrons. The molecule has 0 aromatic heterocycles. The van der Waals surface area contributed by atoms with Crippen molar-refractivity contribution < 1.29 is 4.74 Å². The Morgan fingerprint density at radius 1 is 1.15 bits per heavy atom.